The van der Waals surface area contributed by atoms with Crippen molar-refractivity contribution in [3.63, 3.8) is 0 Å². The Balaban J connectivity index is 2.47. The van der Waals surface area contributed by atoms with Gasteiger partial charge in [0, 0.05) is 24.1 Å². The van der Waals surface area contributed by atoms with Crippen LogP contribution in [0, 0.1) is 5.92 Å². The highest BCUT2D eigenvalue weighted by atomic mass is 16.2. The van der Waals surface area contributed by atoms with Crippen molar-refractivity contribution in [3.8, 4) is 0 Å². The lowest BCUT2D eigenvalue weighted by Crippen LogP contribution is -2.39. The number of primary amides is 1. The van der Waals surface area contributed by atoms with Crippen molar-refractivity contribution < 1.29 is 9.59 Å². The second-order valence-corrected chi connectivity index (χ2v) is 4.75. The fraction of sp³-hybridized carbons (Fsp3) is 0.429. The fourth-order valence-electron chi connectivity index (χ4n) is 1.61. The van der Waals surface area contributed by atoms with Crippen LogP contribution in [0.3, 0.4) is 0 Å². The van der Waals surface area contributed by atoms with Gasteiger partial charge in [-0.05, 0) is 31.0 Å². The Morgan fingerprint density at radius 1 is 1.32 bits per heavy atom. The summed E-state index contributed by atoms with van der Waals surface area (Å²) in [5.74, 6) is -0.713. The number of hydrogen-bond acceptors (Lipinski definition) is 3. The molecule has 19 heavy (non-hydrogen) atoms. The zero-order chi connectivity index (χ0) is 14.4. The van der Waals surface area contributed by atoms with Crippen molar-refractivity contribution in [3.05, 3.63) is 35.4 Å². The second-order valence-electron chi connectivity index (χ2n) is 4.75. The monoisotopic (exact) mass is 263 g/mol. The van der Waals surface area contributed by atoms with Crippen LogP contribution < -0.4 is 16.8 Å². The van der Waals surface area contributed by atoms with E-state index in [9.17, 15) is 9.59 Å². The molecule has 0 saturated carbocycles. The third-order valence-corrected chi connectivity index (χ3v) is 3.13. The van der Waals surface area contributed by atoms with E-state index in [1.807, 2.05) is 6.07 Å². The summed E-state index contributed by atoms with van der Waals surface area (Å²) in [5.41, 5.74) is 12.3. The van der Waals surface area contributed by atoms with Gasteiger partial charge >= 0.3 is 0 Å². The Morgan fingerprint density at radius 3 is 2.58 bits per heavy atom. The quantitative estimate of drug-likeness (QED) is 0.694. The van der Waals surface area contributed by atoms with Gasteiger partial charge < -0.3 is 16.8 Å². The number of nitrogens with one attached hydrogen (secondary N) is 1. The predicted molar refractivity (Wildman–Crippen MR) is 74.5 cm³/mol. The lowest BCUT2D eigenvalue weighted by Gasteiger charge is -2.15. The summed E-state index contributed by atoms with van der Waals surface area (Å²) in [4.78, 5) is 22.7. The van der Waals surface area contributed by atoms with Crippen molar-refractivity contribution in [1.82, 2.24) is 5.32 Å². The molecule has 0 radical (unpaired) electrons. The average molecular weight is 263 g/mol. The van der Waals surface area contributed by atoms with Crippen LogP contribution in [0.4, 0.5) is 0 Å². The summed E-state index contributed by atoms with van der Waals surface area (Å²) >= 11 is 0. The third-order valence-electron chi connectivity index (χ3n) is 3.13. The van der Waals surface area contributed by atoms with Crippen molar-refractivity contribution in [2.24, 2.45) is 17.4 Å². The Hall–Kier alpha value is -1.88. The van der Waals surface area contributed by atoms with Crippen LogP contribution in [0.1, 0.15) is 29.8 Å². The van der Waals surface area contributed by atoms with Gasteiger partial charge in [0.15, 0.2) is 0 Å². The van der Waals surface area contributed by atoms with E-state index >= 15 is 0 Å². The highest BCUT2D eigenvalue weighted by Crippen LogP contribution is 2.05. The number of carbonyl (C=O) groups is 2. The molecule has 1 aromatic rings. The summed E-state index contributed by atoms with van der Waals surface area (Å²) in [6, 6.07) is 6.92. The van der Waals surface area contributed by atoms with Crippen LogP contribution in [-0.4, -0.2) is 24.4 Å². The summed E-state index contributed by atoms with van der Waals surface area (Å²) in [6.45, 7) is 4.12. The van der Waals surface area contributed by atoms with Gasteiger partial charge in [0.1, 0.15) is 0 Å². The largest absolute Gasteiger partial charge is 0.366 e. The molecular weight excluding hydrogens is 242 g/mol. The van der Waals surface area contributed by atoms with Gasteiger partial charge in [0.25, 0.3) is 0 Å². The van der Waals surface area contributed by atoms with Crippen LogP contribution >= 0.6 is 0 Å². The minimum Gasteiger partial charge on any atom is -0.366 e. The Labute approximate surface area is 113 Å². The van der Waals surface area contributed by atoms with Crippen LogP contribution in [0.15, 0.2) is 24.3 Å². The lowest BCUT2D eigenvalue weighted by atomic mass is 10.0. The molecule has 5 N–H and O–H groups in total. The van der Waals surface area contributed by atoms with E-state index in [1.54, 1.807) is 32.0 Å². The smallest absolute Gasteiger partial charge is 0.248 e. The van der Waals surface area contributed by atoms with E-state index in [4.69, 9.17) is 11.5 Å². The molecule has 1 rings (SSSR count). The molecule has 2 atom stereocenters. The zero-order valence-electron chi connectivity index (χ0n) is 11.3. The Bertz CT molecular complexity index is 458. The summed E-state index contributed by atoms with van der Waals surface area (Å²) in [6.07, 6.45) is 0.651. The molecule has 5 heteroatoms. The first-order valence-corrected chi connectivity index (χ1v) is 6.34. The van der Waals surface area contributed by atoms with Crippen LogP contribution in [0.25, 0.3) is 0 Å². The Morgan fingerprint density at radius 2 is 2.00 bits per heavy atom. The van der Waals surface area contributed by atoms with Crippen molar-refractivity contribution in [2.45, 2.75) is 26.3 Å². The van der Waals surface area contributed by atoms with Gasteiger partial charge in [-0.3, -0.25) is 9.59 Å². The van der Waals surface area contributed by atoms with Crippen LogP contribution in [0.5, 0.6) is 0 Å². The molecule has 2 unspecified atom stereocenters. The van der Waals surface area contributed by atoms with Crippen LogP contribution in [0.2, 0.25) is 0 Å². The molecule has 0 aliphatic rings. The number of benzene rings is 1. The van der Waals surface area contributed by atoms with E-state index in [2.05, 4.69) is 5.32 Å². The number of carbonyl (C=O) groups excluding carboxylic acids is 2. The minimum atomic E-state index is -0.448. The highest BCUT2D eigenvalue weighted by molar-refractivity contribution is 5.92. The highest BCUT2D eigenvalue weighted by Gasteiger charge is 2.16. The summed E-state index contributed by atoms with van der Waals surface area (Å²) < 4.78 is 0. The first kappa shape index (κ1) is 15.2. The molecule has 0 aliphatic heterocycles. The summed E-state index contributed by atoms with van der Waals surface area (Å²) in [7, 11) is 0. The van der Waals surface area contributed by atoms with E-state index in [1.165, 1.54) is 0 Å². The Kier molecular flexibility index (Phi) is 5.51. The van der Waals surface area contributed by atoms with Crippen molar-refractivity contribution in [2.75, 3.05) is 6.54 Å². The van der Waals surface area contributed by atoms with Crippen molar-refractivity contribution >= 4 is 11.8 Å². The normalized spacial score (nSPS) is 13.6. The van der Waals surface area contributed by atoms with Gasteiger partial charge in [-0.2, -0.15) is 0 Å². The van der Waals surface area contributed by atoms with Crippen molar-refractivity contribution in [1.29, 1.82) is 0 Å². The third kappa shape index (κ3) is 4.71. The predicted octanol–water partition coefficient (Wildman–Crippen LogP) is 0.428. The van der Waals surface area contributed by atoms with E-state index in [0.29, 0.717) is 18.5 Å². The molecule has 0 aliphatic carbocycles. The number of hydrogen-bond donors (Lipinski definition) is 3. The van der Waals surface area contributed by atoms with E-state index in [-0.39, 0.29) is 17.9 Å². The molecule has 0 spiro atoms. The fourth-order valence-corrected chi connectivity index (χ4v) is 1.61. The molecule has 1 aromatic carbocycles. The molecule has 0 heterocycles. The SMILES string of the molecule is CC(N)C(C)C(=O)NCCc1cccc(C(N)=O)c1. The van der Waals surface area contributed by atoms with Crippen LogP contribution in [-0.2, 0) is 11.2 Å². The first-order valence-electron chi connectivity index (χ1n) is 6.34. The molecular formula is C14H21N3O2. The maximum absolute atomic E-state index is 11.7. The average Bonchev–Trinajstić information content (AvgIpc) is 2.37. The molecule has 0 saturated heterocycles. The molecule has 0 bridgehead atoms. The maximum Gasteiger partial charge on any atom is 0.248 e. The van der Waals surface area contributed by atoms with Gasteiger partial charge in [0.05, 0.1) is 0 Å². The van der Waals surface area contributed by atoms with Gasteiger partial charge in [-0.25, -0.2) is 0 Å². The number of amides is 2. The zero-order valence-corrected chi connectivity index (χ0v) is 11.3. The van der Waals surface area contributed by atoms with E-state index < -0.39 is 5.91 Å². The first-order chi connectivity index (χ1) is 8.91. The van der Waals surface area contributed by atoms with Gasteiger partial charge in [-0.15, -0.1) is 0 Å². The van der Waals surface area contributed by atoms with E-state index in [0.717, 1.165) is 5.56 Å². The van der Waals surface area contributed by atoms with Gasteiger partial charge in [0.2, 0.25) is 11.8 Å². The molecule has 0 aromatic heterocycles. The second kappa shape index (κ2) is 6.89. The molecule has 2 amide bonds. The standard InChI is InChI=1S/C14H21N3O2/c1-9(10(2)15)14(19)17-7-6-11-4-3-5-12(8-11)13(16)18/h3-5,8-10H,6-7,15H2,1-2H3,(H2,16,18)(H,17,19). The van der Waals surface area contributed by atoms with Gasteiger partial charge in [-0.1, -0.05) is 19.1 Å². The minimum absolute atomic E-state index is 0.0546. The topological polar surface area (TPSA) is 98.2 Å². The lowest BCUT2D eigenvalue weighted by molar-refractivity contribution is -0.124. The molecule has 0 fully saturated rings. The number of nitrogens with two attached hydrogens (primary N) is 2. The maximum atomic E-state index is 11.7. The molecule has 5 nitrogen and oxygen atoms in total. The molecule has 104 valence electrons. The summed E-state index contributed by atoms with van der Waals surface area (Å²) in [5, 5.41) is 2.83. The number of rotatable bonds is 6.